The summed E-state index contributed by atoms with van der Waals surface area (Å²) < 4.78 is 48.6. The zero-order valence-electron chi connectivity index (χ0n) is 9.80. The third kappa shape index (κ3) is 1.81. The minimum absolute atomic E-state index is 0.0459. The molecule has 0 bridgehead atoms. The van der Waals surface area contributed by atoms with Gasteiger partial charge in [0.25, 0.3) is 0 Å². The Morgan fingerprint density at radius 2 is 2.06 bits per heavy atom. The first-order valence-electron chi connectivity index (χ1n) is 5.24. The molecule has 18 heavy (non-hydrogen) atoms. The second-order valence-electron chi connectivity index (χ2n) is 4.20. The van der Waals surface area contributed by atoms with E-state index in [9.17, 15) is 18.0 Å². The third-order valence-corrected chi connectivity index (χ3v) is 3.02. The molecule has 0 saturated carbocycles. The number of rotatable bonds is 1. The van der Waals surface area contributed by atoms with Gasteiger partial charge in [0.2, 0.25) is 5.60 Å². The Labute approximate surface area is 102 Å². The Morgan fingerprint density at radius 1 is 1.39 bits per heavy atom. The van der Waals surface area contributed by atoms with E-state index in [4.69, 9.17) is 4.74 Å². The molecule has 0 radical (unpaired) electrons. The van der Waals surface area contributed by atoms with Crippen molar-refractivity contribution in [1.82, 2.24) is 0 Å². The van der Waals surface area contributed by atoms with Gasteiger partial charge < -0.3 is 9.47 Å². The molecule has 0 aromatic heterocycles. The number of carbonyl (C=O) groups is 1. The number of alkyl halides is 3. The van der Waals surface area contributed by atoms with Crippen molar-refractivity contribution in [3.05, 3.63) is 29.3 Å². The minimum atomic E-state index is -4.66. The van der Waals surface area contributed by atoms with Crippen molar-refractivity contribution in [3.63, 3.8) is 0 Å². The highest BCUT2D eigenvalue weighted by Gasteiger charge is 2.58. The van der Waals surface area contributed by atoms with Crippen LogP contribution in [-0.2, 0) is 21.6 Å². The van der Waals surface area contributed by atoms with E-state index < -0.39 is 17.7 Å². The fourth-order valence-corrected chi connectivity index (χ4v) is 1.99. The highest BCUT2D eigenvalue weighted by atomic mass is 19.4. The van der Waals surface area contributed by atoms with Crippen molar-refractivity contribution in [1.29, 1.82) is 0 Å². The number of ether oxygens (including phenoxy) is 2. The van der Waals surface area contributed by atoms with Gasteiger partial charge in [0.15, 0.2) is 0 Å². The van der Waals surface area contributed by atoms with Crippen LogP contribution in [0.1, 0.15) is 18.1 Å². The summed E-state index contributed by atoms with van der Waals surface area (Å²) in [7, 11) is 1.41. The number of benzene rings is 1. The number of hydrogen-bond donors (Lipinski definition) is 0. The first-order chi connectivity index (χ1) is 8.28. The fourth-order valence-electron chi connectivity index (χ4n) is 1.99. The molecule has 0 amide bonds. The summed E-state index contributed by atoms with van der Waals surface area (Å²) in [6.45, 7) is 0.857. The van der Waals surface area contributed by atoms with Crippen LogP contribution in [0.3, 0.4) is 0 Å². The number of esters is 1. The summed E-state index contributed by atoms with van der Waals surface area (Å²) in [6, 6.07) is 4.13. The first-order valence-corrected chi connectivity index (χ1v) is 5.24. The Morgan fingerprint density at radius 3 is 2.61 bits per heavy atom. The molecule has 1 unspecified atom stereocenters. The van der Waals surface area contributed by atoms with E-state index in [-0.39, 0.29) is 17.5 Å². The van der Waals surface area contributed by atoms with E-state index in [0.29, 0.717) is 5.75 Å². The van der Waals surface area contributed by atoms with Crippen molar-refractivity contribution < 1.29 is 27.4 Å². The Kier molecular flexibility index (Phi) is 2.76. The molecule has 1 heterocycles. The van der Waals surface area contributed by atoms with Crippen LogP contribution in [0.2, 0.25) is 0 Å². The normalized spacial score (nSPS) is 23.3. The summed E-state index contributed by atoms with van der Waals surface area (Å²) >= 11 is 0. The third-order valence-electron chi connectivity index (χ3n) is 3.02. The van der Waals surface area contributed by atoms with Crippen molar-refractivity contribution in [3.8, 4) is 5.75 Å². The zero-order chi connectivity index (χ0) is 13.6. The number of fused-ring (bicyclic) bond motifs is 1. The van der Waals surface area contributed by atoms with Crippen LogP contribution < -0.4 is 4.74 Å². The smallest absolute Gasteiger partial charge is 0.432 e. The van der Waals surface area contributed by atoms with Crippen LogP contribution in [0.5, 0.6) is 5.75 Å². The van der Waals surface area contributed by atoms with Crippen molar-refractivity contribution in [2.45, 2.75) is 25.1 Å². The second-order valence-corrected chi connectivity index (χ2v) is 4.20. The van der Waals surface area contributed by atoms with Gasteiger partial charge in [-0.15, -0.1) is 0 Å². The van der Waals surface area contributed by atoms with E-state index in [0.717, 1.165) is 6.92 Å². The molecule has 1 aliphatic heterocycles. The lowest BCUT2D eigenvalue weighted by Crippen LogP contribution is -2.47. The molecule has 1 aliphatic rings. The van der Waals surface area contributed by atoms with Gasteiger partial charge in [-0.1, -0.05) is 6.07 Å². The van der Waals surface area contributed by atoms with Gasteiger partial charge >= 0.3 is 12.1 Å². The second kappa shape index (κ2) is 3.90. The number of methoxy groups -OCH3 is 1. The maximum Gasteiger partial charge on any atom is 0.432 e. The van der Waals surface area contributed by atoms with Crippen LogP contribution >= 0.6 is 0 Å². The molecule has 2 rings (SSSR count). The Balaban J connectivity index is 2.60. The summed E-state index contributed by atoms with van der Waals surface area (Å²) in [6.07, 6.45) is -4.84. The highest BCUT2D eigenvalue weighted by Crippen LogP contribution is 2.46. The van der Waals surface area contributed by atoms with Gasteiger partial charge in [-0.25, -0.2) is 0 Å². The predicted octanol–water partition coefficient (Wildman–Crippen LogP) is 2.57. The number of halogens is 3. The van der Waals surface area contributed by atoms with Crippen LogP contribution in [0.25, 0.3) is 0 Å². The maximum atomic E-state index is 13.1. The monoisotopic (exact) mass is 260 g/mol. The average molecular weight is 260 g/mol. The van der Waals surface area contributed by atoms with Gasteiger partial charge in [-0.05, 0) is 24.6 Å². The first kappa shape index (κ1) is 12.7. The maximum absolute atomic E-state index is 13.1. The van der Waals surface area contributed by atoms with Gasteiger partial charge in [0, 0.05) is 5.56 Å². The molecule has 1 aromatic rings. The molecular formula is C12H11F3O3. The fraction of sp³-hybridized carbons (Fsp3) is 0.417. The van der Waals surface area contributed by atoms with E-state index in [1.54, 1.807) is 0 Å². The van der Waals surface area contributed by atoms with Gasteiger partial charge in [0.05, 0.1) is 13.5 Å². The topological polar surface area (TPSA) is 35.5 Å². The van der Waals surface area contributed by atoms with Gasteiger partial charge in [-0.2, -0.15) is 13.2 Å². The molecule has 0 spiro atoms. The highest BCUT2D eigenvalue weighted by molar-refractivity contribution is 5.76. The summed E-state index contributed by atoms with van der Waals surface area (Å²) in [5, 5.41) is 0. The quantitative estimate of drug-likeness (QED) is 0.728. The molecule has 98 valence electrons. The molecule has 6 heteroatoms. The zero-order valence-corrected chi connectivity index (χ0v) is 9.80. The summed E-state index contributed by atoms with van der Waals surface area (Å²) in [5.74, 6) is -0.483. The lowest BCUT2D eigenvalue weighted by molar-refractivity contribution is -0.272. The molecule has 0 aliphatic carbocycles. The van der Waals surface area contributed by atoms with Crippen molar-refractivity contribution in [2.75, 3.05) is 7.11 Å². The molecule has 0 saturated heterocycles. The largest absolute Gasteiger partial charge is 0.497 e. The van der Waals surface area contributed by atoms with Crippen molar-refractivity contribution >= 4 is 5.97 Å². The van der Waals surface area contributed by atoms with Crippen LogP contribution in [0, 0.1) is 0 Å². The van der Waals surface area contributed by atoms with Crippen LogP contribution in [-0.4, -0.2) is 19.3 Å². The summed E-state index contributed by atoms with van der Waals surface area (Å²) in [5.41, 5.74) is -2.36. The Hall–Kier alpha value is -1.72. The molecular weight excluding hydrogens is 249 g/mol. The lowest BCUT2D eigenvalue weighted by atomic mass is 9.87. The SMILES string of the molecule is COc1ccc2c(c1)CC(=O)OC2(C)C(F)(F)F. The number of hydrogen-bond acceptors (Lipinski definition) is 3. The van der Waals surface area contributed by atoms with Crippen LogP contribution in [0.4, 0.5) is 13.2 Å². The number of carbonyl (C=O) groups excluding carboxylic acids is 1. The van der Waals surface area contributed by atoms with E-state index >= 15 is 0 Å². The predicted molar refractivity (Wildman–Crippen MR) is 56.2 cm³/mol. The Bertz CT molecular complexity index is 496. The average Bonchev–Trinajstić information content (AvgIpc) is 2.26. The lowest BCUT2D eigenvalue weighted by Gasteiger charge is -2.36. The summed E-state index contributed by atoms with van der Waals surface area (Å²) in [4.78, 5) is 11.3. The van der Waals surface area contributed by atoms with E-state index in [2.05, 4.69) is 4.74 Å². The number of cyclic esters (lactones) is 1. The van der Waals surface area contributed by atoms with Crippen LogP contribution in [0.15, 0.2) is 18.2 Å². The van der Waals surface area contributed by atoms with Gasteiger partial charge in [0.1, 0.15) is 5.75 Å². The van der Waals surface area contributed by atoms with E-state index in [1.807, 2.05) is 0 Å². The van der Waals surface area contributed by atoms with E-state index in [1.165, 1.54) is 25.3 Å². The van der Waals surface area contributed by atoms with Gasteiger partial charge in [-0.3, -0.25) is 4.79 Å². The molecule has 0 fully saturated rings. The molecule has 0 N–H and O–H groups in total. The molecule has 1 aromatic carbocycles. The molecule has 3 nitrogen and oxygen atoms in total. The standard InChI is InChI=1S/C12H11F3O3/c1-11(12(13,14)15)9-4-3-8(17-2)5-7(9)6-10(16)18-11/h3-5H,6H2,1-2H3. The molecule has 1 atom stereocenters. The minimum Gasteiger partial charge on any atom is -0.497 e. The van der Waals surface area contributed by atoms with Crippen molar-refractivity contribution in [2.24, 2.45) is 0 Å².